The monoisotopic (exact) mass is 306 g/mol. The molecule has 0 aliphatic rings. The van der Waals surface area contributed by atoms with Gasteiger partial charge in [-0.25, -0.2) is 4.98 Å². The van der Waals surface area contributed by atoms with Gasteiger partial charge in [0.15, 0.2) is 0 Å². The second-order valence-corrected chi connectivity index (χ2v) is 5.77. The van der Waals surface area contributed by atoms with Crippen molar-refractivity contribution in [3.05, 3.63) is 38.5 Å². The average molecular weight is 306 g/mol. The molecule has 2 aromatic rings. The molecule has 0 fully saturated rings. The van der Waals surface area contributed by atoms with E-state index in [1.54, 1.807) is 12.3 Å². The third-order valence-corrected chi connectivity index (χ3v) is 4.44. The summed E-state index contributed by atoms with van der Waals surface area (Å²) in [5, 5.41) is 16.3. The van der Waals surface area contributed by atoms with Gasteiger partial charge in [0.05, 0.1) is 6.04 Å². The highest BCUT2D eigenvalue weighted by molar-refractivity contribution is 7.12. The molecule has 2 heterocycles. The third-order valence-electron chi connectivity index (χ3n) is 2.64. The molecule has 1 amide bonds. The molecular weight excluding hydrogens is 292 g/mol. The lowest BCUT2D eigenvalue weighted by Crippen LogP contribution is -2.27. The number of thiophene rings is 1. The number of thiazole rings is 1. The number of nitrogens with zero attached hydrogens (tertiary/aromatic N) is 1. The number of aliphatic hydroxyl groups is 1. The van der Waals surface area contributed by atoms with Gasteiger partial charge in [-0.3, -0.25) is 4.79 Å². The van der Waals surface area contributed by atoms with Crippen LogP contribution in [0.3, 0.4) is 0 Å². The van der Waals surface area contributed by atoms with Crippen LogP contribution in [0.5, 0.6) is 0 Å². The Bertz CT molecular complexity index is 623. The molecule has 1 atom stereocenters. The van der Waals surface area contributed by atoms with Crippen LogP contribution in [0.25, 0.3) is 0 Å². The van der Waals surface area contributed by atoms with E-state index in [4.69, 9.17) is 5.11 Å². The first-order valence-corrected chi connectivity index (χ1v) is 7.89. The maximum Gasteiger partial charge on any atom is 0.263 e. The van der Waals surface area contributed by atoms with E-state index in [0.717, 1.165) is 11.4 Å². The van der Waals surface area contributed by atoms with E-state index < -0.39 is 0 Å². The van der Waals surface area contributed by atoms with E-state index in [-0.39, 0.29) is 18.6 Å². The van der Waals surface area contributed by atoms with Gasteiger partial charge in [-0.1, -0.05) is 18.8 Å². The molecule has 0 bridgehead atoms. The minimum atomic E-state index is -0.215. The summed E-state index contributed by atoms with van der Waals surface area (Å²) in [7, 11) is 0. The summed E-state index contributed by atoms with van der Waals surface area (Å²) >= 11 is 2.87. The van der Waals surface area contributed by atoms with Crippen molar-refractivity contribution in [3.63, 3.8) is 0 Å². The fourth-order valence-corrected chi connectivity index (χ4v) is 3.21. The van der Waals surface area contributed by atoms with Crippen LogP contribution in [0.2, 0.25) is 0 Å². The van der Waals surface area contributed by atoms with Gasteiger partial charge in [0.1, 0.15) is 16.5 Å². The molecule has 0 aliphatic carbocycles. The van der Waals surface area contributed by atoms with Gasteiger partial charge < -0.3 is 10.4 Å². The van der Waals surface area contributed by atoms with Crippen molar-refractivity contribution in [3.8, 4) is 11.8 Å². The van der Waals surface area contributed by atoms with E-state index in [2.05, 4.69) is 22.1 Å². The Kier molecular flexibility index (Phi) is 5.30. The number of amides is 1. The largest absolute Gasteiger partial charge is 0.384 e. The molecular formula is C14H14N2O2S2. The third kappa shape index (κ3) is 3.45. The highest BCUT2D eigenvalue weighted by atomic mass is 32.1. The Morgan fingerprint density at radius 3 is 3.00 bits per heavy atom. The van der Waals surface area contributed by atoms with Gasteiger partial charge in [0.25, 0.3) is 5.91 Å². The van der Waals surface area contributed by atoms with Crippen LogP contribution in [0.1, 0.15) is 39.6 Å². The molecule has 0 saturated heterocycles. The standard InChI is InChI=1S/C14H14N2O2S2/c1-2-11(14-15-6-9-20-14)16-13(18)12-10(4-3-7-17)5-8-19-12/h5-6,8-9,11,17H,2,7H2,1H3,(H,16,18). The van der Waals surface area contributed by atoms with Crippen molar-refractivity contribution in [1.29, 1.82) is 0 Å². The van der Waals surface area contributed by atoms with Crippen LogP contribution >= 0.6 is 22.7 Å². The molecule has 0 spiro atoms. The topological polar surface area (TPSA) is 62.2 Å². The SMILES string of the molecule is CCC(NC(=O)c1sccc1C#CCO)c1nccs1. The van der Waals surface area contributed by atoms with Crippen LogP contribution < -0.4 is 5.32 Å². The van der Waals surface area contributed by atoms with Crippen LogP contribution in [-0.2, 0) is 0 Å². The summed E-state index contributed by atoms with van der Waals surface area (Å²) in [6.07, 6.45) is 2.51. The predicted octanol–water partition coefficient (Wildman–Crippen LogP) is 2.43. The Balaban J connectivity index is 2.14. The van der Waals surface area contributed by atoms with Gasteiger partial charge in [0, 0.05) is 17.1 Å². The molecule has 1 unspecified atom stereocenters. The lowest BCUT2D eigenvalue weighted by atomic mass is 10.2. The first kappa shape index (κ1) is 14.7. The minimum absolute atomic E-state index is 0.0803. The smallest absolute Gasteiger partial charge is 0.263 e. The fourth-order valence-electron chi connectivity index (χ4n) is 1.69. The Hall–Kier alpha value is -1.68. The zero-order valence-corrected chi connectivity index (χ0v) is 12.6. The van der Waals surface area contributed by atoms with E-state index in [9.17, 15) is 4.79 Å². The lowest BCUT2D eigenvalue weighted by Gasteiger charge is -2.13. The molecule has 0 aromatic carbocycles. The van der Waals surface area contributed by atoms with Gasteiger partial charge in [0.2, 0.25) is 0 Å². The summed E-state index contributed by atoms with van der Waals surface area (Å²) < 4.78 is 0. The van der Waals surface area contributed by atoms with Crippen LogP contribution in [0, 0.1) is 11.8 Å². The van der Waals surface area contributed by atoms with Crippen molar-refractivity contribution >= 4 is 28.6 Å². The van der Waals surface area contributed by atoms with Crippen molar-refractivity contribution < 1.29 is 9.90 Å². The zero-order valence-electron chi connectivity index (χ0n) is 10.9. The first-order chi connectivity index (χ1) is 9.76. The molecule has 2 aromatic heterocycles. The number of nitrogens with one attached hydrogen (secondary N) is 1. The summed E-state index contributed by atoms with van der Waals surface area (Å²) in [6, 6.07) is 1.70. The highest BCUT2D eigenvalue weighted by Gasteiger charge is 2.18. The number of hydrogen-bond acceptors (Lipinski definition) is 5. The van der Waals surface area contributed by atoms with Gasteiger partial charge in [-0.05, 0) is 17.9 Å². The van der Waals surface area contributed by atoms with Gasteiger partial charge in [-0.15, -0.1) is 22.7 Å². The quantitative estimate of drug-likeness (QED) is 0.853. The zero-order chi connectivity index (χ0) is 14.4. The summed E-state index contributed by atoms with van der Waals surface area (Å²) in [6.45, 7) is 1.79. The van der Waals surface area contributed by atoms with E-state index >= 15 is 0 Å². The van der Waals surface area contributed by atoms with Crippen molar-refractivity contribution in [2.75, 3.05) is 6.61 Å². The van der Waals surface area contributed by atoms with Crippen LogP contribution in [0.4, 0.5) is 0 Å². The van der Waals surface area contributed by atoms with E-state index in [1.807, 2.05) is 17.7 Å². The molecule has 104 valence electrons. The van der Waals surface area contributed by atoms with Crippen molar-refractivity contribution in [2.45, 2.75) is 19.4 Å². The summed E-state index contributed by atoms with van der Waals surface area (Å²) in [5.41, 5.74) is 0.649. The van der Waals surface area contributed by atoms with Gasteiger partial charge >= 0.3 is 0 Å². The number of aliphatic hydroxyl groups excluding tert-OH is 1. The van der Waals surface area contributed by atoms with E-state index in [1.165, 1.54) is 22.7 Å². The summed E-state index contributed by atoms with van der Waals surface area (Å²) in [5.74, 6) is 5.20. The van der Waals surface area contributed by atoms with Crippen molar-refractivity contribution in [2.24, 2.45) is 0 Å². The Labute approximate surface area is 125 Å². The molecule has 6 heteroatoms. The number of aromatic nitrogens is 1. The highest BCUT2D eigenvalue weighted by Crippen LogP contribution is 2.21. The molecule has 2 rings (SSSR count). The Morgan fingerprint density at radius 2 is 2.35 bits per heavy atom. The second kappa shape index (κ2) is 7.20. The maximum atomic E-state index is 12.3. The second-order valence-electron chi connectivity index (χ2n) is 3.93. The van der Waals surface area contributed by atoms with E-state index in [0.29, 0.717) is 10.4 Å². The van der Waals surface area contributed by atoms with Crippen LogP contribution in [0.15, 0.2) is 23.0 Å². The maximum absolute atomic E-state index is 12.3. The molecule has 0 radical (unpaired) electrons. The first-order valence-electron chi connectivity index (χ1n) is 6.13. The number of rotatable bonds is 4. The molecule has 0 aliphatic heterocycles. The normalized spacial score (nSPS) is 11.5. The average Bonchev–Trinajstić information content (AvgIpc) is 3.13. The molecule has 20 heavy (non-hydrogen) atoms. The fraction of sp³-hybridized carbons (Fsp3) is 0.286. The predicted molar refractivity (Wildman–Crippen MR) is 80.9 cm³/mol. The molecule has 4 nitrogen and oxygen atoms in total. The van der Waals surface area contributed by atoms with Gasteiger partial charge in [-0.2, -0.15) is 0 Å². The lowest BCUT2D eigenvalue weighted by molar-refractivity contribution is 0.0939. The van der Waals surface area contributed by atoms with Crippen LogP contribution in [-0.4, -0.2) is 22.6 Å². The molecule has 2 N–H and O–H groups in total. The molecule has 0 saturated carbocycles. The Morgan fingerprint density at radius 1 is 1.50 bits per heavy atom. The number of carbonyl (C=O) groups is 1. The number of carbonyl (C=O) groups excluding carboxylic acids is 1. The number of hydrogen-bond donors (Lipinski definition) is 2. The van der Waals surface area contributed by atoms with Crippen molar-refractivity contribution in [1.82, 2.24) is 10.3 Å². The minimum Gasteiger partial charge on any atom is -0.384 e. The summed E-state index contributed by atoms with van der Waals surface area (Å²) in [4.78, 5) is 17.1.